The van der Waals surface area contributed by atoms with Crippen molar-refractivity contribution in [1.29, 1.82) is 0 Å². The molecule has 4 unspecified atom stereocenters. The summed E-state index contributed by atoms with van der Waals surface area (Å²) in [7, 11) is 0. The van der Waals surface area contributed by atoms with Crippen molar-refractivity contribution < 1.29 is 4.57 Å². The van der Waals surface area contributed by atoms with Crippen molar-refractivity contribution in [3.05, 3.63) is 65.4 Å². The fourth-order valence-corrected chi connectivity index (χ4v) is 8.96. The first kappa shape index (κ1) is 20.2. The SMILES string of the molecule is CCC1(C)c2ccccc2-c2c3cc4c(cc3cc[n+]2C1(C)CC)C1CC2CC(C1)CC4C2. The molecule has 4 aliphatic carbocycles. The van der Waals surface area contributed by atoms with Crippen LogP contribution in [-0.2, 0) is 11.0 Å². The van der Waals surface area contributed by atoms with Crippen molar-refractivity contribution in [2.75, 3.05) is 0 Å². The van der Waals surface area contributed by atoms with Crippen LogP contribution in [0.3, 0.4) is 0 Å². The van der Waals surface area contributed by atoms with Crippen LogP contribution in [0, 0.1) is 11.8 Å². The van der Waals surface area contributed by atoms with E-state index in [1.165, 1.54) is 54.1 Å². The van der Waals surface area contributed by atoms with Gasteiger partial charge in [0.05, 0.1) is 16.4 Å². The Morgan fingerprint density at radius 3 is 2.15 bits per heavy atom. The minimum Gasteiger partial charge on any atom is -0.192 e. The predicted molar refractivity (Wildman–Crippen MR) is 137 cm³/mol. The molecule has 4 atom stereocenters. The highest BCUT2D eigenvalue weighted by atomic mass is 15.1. The molecule has 2 saturated carbocycles. The number of nitrogens with zero attached hydrogens (tertiary/aromatic N) is 1. The Kier molecular flexibility index (Phi) is 4.12. The topological polar surface area (TPSA) is 3.88 Å². The number of hydrogen-bond acceptors (Lipinski definition) is 0. The summed E-state index contributed by atoms with van der Waals surface area (Å²) in [6.45, 7) is 9.77. The molecule has 33 heavy (non-hydrogen) atoms. The van der Waals surface area contributed by atoms with Gasteiger partial charge < -0.3 is 0 Å². The lowest BCUT2D eigenvalue weighted by atomic mass is 9.60. The van der Waals surface area contributed by atoms with Crippen LogP contribution in [0.2, 0.25) is 0 Å². The fraction of sp³-hybridized carbons (Fsp3) is 0.531. The number of rotatable bonds is 2. The minimum atomic E-state index is 0.0595. The third kappa shape index (κ3) is 2.47. The second-order valence-electron chi connectivity index (χ2n) is 12.3. The van der Waals surface area contributed by atoms with E-state index < -0.39 is 0 Å². The Bertz CT molecular complexity index is 1270. The molecule has 4 bridgehead atoms. The highest BCUT2D eigenvalue weighted by molar-refractivity contribution is 5.95. The van der Waals surface area contributed by atoms with Crippen molar-refractivity contribution in [3.63, 3.8) is 0 Å². The Morgan fingerprint density at radius 1 is 0.818 bits per heavy atom. The van der Waals surface area contributed by atoms with Crippen LogP contribution >= 0.6 is 0 Å². The predicted octanol–water partition coefficient (Wildman–Crippen LogP) is 7.99. The summed E-state index contributed by atoms with van der Waals surface area (Å²) in [5.41, 5.74) is 8.06. The molecule has 0 saturated heterocycles. The number of hydrogen-bond donors (Lipinski definition) is 0. The Balaban J connectivity index is 1.55. The highest BCUT2D eigenvalue weighted by Gasteiger charge is 2.56. The van der Waals surface area contributed by atoms with E-state index in [-0.39, 0.29) is 11.0 Å². The van der Waals surface area contributed by atoms with E-state index in [9.17, 15) is 0 Å². The van der Waals surface area contributed by atoms with Crippen LogP contribution in [0.1, 0.15) is 101 Å². The Hall–Kier alpha value is -2.15. The monoisotopic (exact) mass is 436 g/mol. The molecule has 0 radical (unpaired) electrons. The molecule has 1 heteroatoms. The van der Waals surface area contributed by atoms with Gasteiger partial charge in [-0.05, 0) is 103 Å². The molecule has 0 amide bonds. The van der Waals surface area contributed by atoms with Gasteiger partial charge in [0.1, 0.15) is 0 Å². The van der Waals surface area contributed by atoms with Crippen LogP contribution in [0.15, 0.2) is 48.7 Å². The zero-order valence-corrected chi connectivity index (χ0v) is 20.8. The molecule has 1 nitrogen and oxygen atoms in total. The second kappa shape index (κ2) is 6.71. The molecule has 2 heterocycles. The van der Waals surface area contributed by atoms with Gasteiger partial charge in [-0.25, -0.2) is 0 Å². The lowest BCUT2D eigenvalue weighted by molar-refractivity contribution is -0.764. The van der Waals surface area contributed by atoms with Crippen LogP contribution in [0.25, 0.3) is 22.0 Å². The van der Waals surface area contributed by atoms with Crippen molar-refractivity contribution in [2.45, 2.75) is 95.4 Å². The van der Waals surface area contributed by atoms with E-state index >= 15 is 0 Å². The summed E-state index contributed by atoms with van der Waals surface area (Å²) < 4.78 is 2.67. The zero-order valence-electron chi connectivity index (χ0n) is 20.8. The molecule has 1 aromatic heterocycles. The van der Waals surface area contributed by atoms with Gasteiger partial charge in [-0.3, -0.25) is 0 Å². The quantitative estimate of drug-likeness (QED) is 0.358. The smallest absolute Gasteiger partial charge is 0.192 e. The van der Waals surface area contributed by atoms with Crippen LogP contribution < -0.4 is 4.57 Å². The summed E-state index contributed by atoms with van der Waals surface area (Å²) in [5.74, 6) is 3.54. The van der Waals surface area contributed by atoms with Gasteiger partial charge in [-0.2, -0.15) is 4.57 Å². The average molecular weight is 437 g/mol. The van der Waals surface area contributed by atoms with E-state index in [1.54, 1.807) is 16.7 Å². The molecule has 0 spiro atoms. The highest BCUT2D eigenvalue weighted by Crippen LogP contribution is 2.57. The average Bonchev–Trinajstić information content (AvgIpc) is 3.00. The molecule has 8 rings (SSSR count). The van der Waals surface area contributed by atoms with E-state index in [0.717, 1.165) is 36.5 Å². The van der Waals surface area contributed by atoms with Crippen molar-refractivity contribution in [1.82, 2.24) is 0 Å². The van der Waals surface area contributed by atoms with E-state index in [0.29, 0.717) is 0 Å². The molecule has 1 aliphatic heterocycles. The van der Waals surface area contributed by atoms with E-state index in [2.05, 4.69) is 80.9 Å². The standard InChI is InChI=1S/C32H38N/c1-5-31(3)29-10-8-7-9-25(29)30-28-19-27-24-16-20-13-21(17-24)15-23(14-20)26(27)18-22(28)11-12-33(30)32(31,4)6-2/h7-12,18-21,23-24H,5-6,13-17H2,1-4H3/q+1. The first-order valence-electron chi connectivity index (χ1n) is 13.6. The molecular weight excluding hydrogens is 398 g/mol. The van der Waals surface area contributed by atoms with Crippen molar-refractivity contribution in [2.24, 2.45) is 11.8 Å². The van der Waals surface area contributed by atoms with Crippen molar-refractivity contribution >= 4 is 10.8 Å². The van der Waals surface area contributed by atoms with Crippen LogP contribution in [0.4, 0.5) is 0 Å². The summed E-state index contributed by atoms with van der Waals surface area (Å²) in [5, 5.41) is 2.94. The van der Waals surface area contributed by atoms with Gasteiger partial charge in [0.2, 0.25) is 5.69 Å². The second-order valence-corrected chi connectivity index (χ2v) is 12.3. The van der Waals surface area contributed by atoms with E-state index in [4.69, 9.17) is 0 Å². The van der Waals surface area contributed by atoms with Gasteiger partial charge >= 0.3 is 0 Å². The van der Waals surface area contributed by atoms with Gasteiger partial charge in [0.15, 0.2) is 11.7 Å². The lowest BCUT2D eigenvalue weighted by Crippen LogP contribution is -2.67. The molecule has 2 fully saturated rings. The summed E-state index contributed by atoms with van der Waals surface area (Å²) >= 11 is 0. The molecular formula is C32H38N+. The molecule has 2 aromatic carbocycles. The first-order chi connectivity index (χ1) is 16.0. The summed E-state index contributed by atoms with van der Waals surface area (Å²) in [6.07, 6.45) is 12.0. The number of benzene rings is 2. The Labute approximate surface area is 199 Å². The van der Waals surface area contributed by atoms with Crippen LogP contribution in [-0.4, -0.2) is 0 Å². The Morgan fingerprint density at radius 2 is 1.48 bits per heavy atom. The number of fused-ring (bicyclic) bond motifs is 5. The third-order valence-electron chi connectivity index (χ3n) is 11.1. The van der Waals surface area contributed by atoms with Crippen LogP contribution in [0.5, 0.6) is 0 Å². The summed E-state index contributed by atoms with van der Waals surface area (Å²) in [4.78, 5) is 0. The zero-order chi connectivity index (χ0) is 22.5. The summed E-state index contributed by atoms with van der Waals surface area (Å²) in [6, 6.07) is 17.0. The third-order valence-corrected chi connectivity index (χ3v) is 11.1. The maximum Gasteiger partial charge on any atom is 0.221 e. The lowest BCUT2D eigenvalue weighted by Gasteiger charge is -2.46. The molecule has 3 aromatic rings. The normalized spacial score (nSPS) is 35.8. The maximum atomic E-state index is 2.67. The molecule has 170 valence electrons. The van der Waals surface area contributed by atoms with Gasteiger partial charge in [0, 0.05) is 19.4 Å². The molecule has 5 aliphatic rings. The van der Waals surface area contributed by atoms with Gasteiger partial charge in [-0.15, -0.1) is 0 Å². The largest absolute Gasteiger partial charge is 0.221 e. The van der Waals surface area contributed by atoms with E-state index in [1.807, 2.05) is 0 Å². The maximum absolute atomic E-state index is 2.67. The van der Waals surface area contributed by atoms with Gasteiger partial charge in [-0.1, -0.05) is 38.1 Å². The number of aromatic nitrogens is 1. The van der Waals surface area contributed by atoms with Gasteiger partial charge in [0.25, 0.3) is 0 Å². The fourth-order valence-electron chi connectivity index (χ4n) is 8.96. The van der Waals surface area contributed by atoms with Crippen molar-refractivity contribution in [3.8, 4) is 11.3 Å². The molecule has 0 N–H and O–H groups in total. The number of pyridine rings is 1. The minimum absolute atomic E-state index is 0.0595. The first-order valence-corrected chi connectivity index (χ1v) is 13.6.